The maximum absolute atomic E-state index is 12.1. The molecule has 19 heavy (non-hydrogen) atoms. The Labute approximate surface area is 115 Å². The van der Waals surface area contributed by atoms with E-state index in [0.29, 0.717) is 12.1 Å². The minimum absolute atomic E-state index is 0.0760. The molecule has 0 atom stereocenters. The molecule has 0 saturated carbocycles. The van der Waals surface area contributed by atoms with E-state index in [-0.39, 0.29) is 5.91 Å². The molecule has 1 aromatic rings. The molecule has 0 unspecified atom stereocenters. The molecule has 2 N–H and O–H groups in total. The molecule has 1 aromatic heterocycles. The van der Waals surface area contributed by atoms with E-state index in [1.165, 1.54) is 0 Å². The van der Waals surface area contributed by atoms with Crippen LogP contribution in [0.4, 0.5) is 5.69 Å². The summed E-state index contributed by atoms with van der Waals surface area (Å²) >= 11 is 0. The Morgan fingerprint density at radius 1 is 1.37 bits per heavy atom. The highest BCUT2D eigenvalue weighted by Gasteiger charge is 2.11. The van der Waals surface area contributed by atoms with Gasteiger partial charge in [-0.05, 0) is 33.5 Å². The number of carbonyl (C=O) groups is 1. The monoisotopic (exact) mass is 264 g/mol. The van der Waals surface area contributed by atoms with Crippen LogP contribution in [0.15, 0.2) is 12.3 Å². The van der Waals surface area contributed by atoms with Crippen LogP contribution in [-0.4, -0.2) is 49.5 Å². The van der Waals surface area contributed by atoms with Crippen molar-refractivity contribution in [1.29, 1.82) is 0 Å². The number of hydrogen-bond donors (Lipinski definition) is 2. The van der Waals surface area contributed by atoms with Crippen LogP contribution in [0.2, 0.25) is 0 Å². The molecule has 5 heteroatoms. The van der Waals surface area contributed by atoms with Gasteiger partial charge < -0.3 is 15.5 Å². The normalized spacial score (nSPS) is 10.6. The average molecular weight is 264 g/mol. The van der Waals surface area contributed by atoms with Crippen molar-refractivity contribution in [2.24, 2.45) is 0 Å². The van der Waals surface area contributed by atoms with Gasteiger partial charge in [0.15, 0.2) is 0 Å². The fourth-order valence-electron chi connectivity index (χ4n) is 1.63. The van der Waals surface area contributed by atoms with Gasteiger partial charge in [-0.1, -0.05) is 6.92 Å². The Balaban J connectivity index is 2.71. The van der Waals surface area contributed by atoms with Gasteiger partial charge in [0, 0.05) is 31.5 Å². The Bertz CT molecular complexity index is 418. The summed E-state index contributed by atoms with van der Waals surface area (Å²) in [5, 5.41) is 6.18. The predicted octanol–water partition coefficient (Wildman–Crippen LogP) is 1.50. The van der Waals surface area contributed by atoms with Gasteiger partial charge in [-0.3, -0.25) is 9.78 Å². The van der Waals surface area contributed by atoms with Crippen molar-refractivity contribution in [1.82, 2.24) is 15.2 Å². The Morgan fingerprint density at radius 3 is 2.74 bits per heavy atom. The second-order valence-electron chi connectivity index (χ2n) is 4.86. The highest BCUT2D eigenvalue weighted by Crippen LogP contribution is 2.15. The summed E-state index contributed by atoms with van der Waals surface area (Å²) in [6.07, 6.45) is 2.65. The summed E-state index contributed by atoms with van der Waals surface area (Å²) in [5.74, 6) is -0.0760. The van der Waals surface area contributed by atoms with Crippen LogP contribution in [0, 0.1) is 6.92 Å². The lowest BCUT2D eigenvalue weighted by atomic mass is 10.2. The SMILES string of the molecule is CCCNc1cc(C)ncc1C(=O)NCCN(C)C. The van der Waals surface area contributed by atoms with Crippen molar-refractivity contribution >= 4 is 11.6 Å². The van der Waals surface area contributed by atoms with E-state index < -0.39 is 0 Å². The van der Waals surface area contributed by atoms with Crippen LogP contribution in [0.5, 0.6) is 0 Å². The maximum Gasteiger partial charge on any atom is 0.254 e. The third-order valence-electron chi connectivity index (χ3n) is 2.70. The number of amides is 1. The van der Waals surface area contributed by atoms with Crippen molar-refractivity contribution in [3.63, 3.8) is 0 Å². The van der Waals surface area contributed by atoms with Crippen molar-refractivity contribution in [2.45, 2.75) is 20.3 Å². The van der Waals surface area contributed by atoms with Crippen molar-refractivity contribution in [3.05, 3.63) is 23.5 Å². The third kappa shape index (κ3) is 5.26. The molecule has 0 saturated heterocycles. The predicted molar refractivity (Wildman–Crippen MR) is 78.6 cm³/mol. The van der Waals surface area contributed by atoms with Crippen molar-refractivity contribution in [2.75, 3.05) is 39.0 Å². The molecule has 106 valence electrons. The van der Waals surface area contributed by atoms with E-state index >= 15 is 0 Å². The molecular weight excluding hydrogens is 240 g/mol. The fourth-order valence-corrected chi connectivity index (χ4v) is 1.63. The standard InChI is InChI=1S/C14H24N4O/c1-5-6-15-13-9-11(2)17-10-12(13)14(19)16-7-8-18(3)4/h9-10H,5-8H2,1-4H3,(H,15,17)(H,16,19). The first kappa shape index (κ1) is 15.4. The van der Waals surface area contributed by atoms with E-state index in [2.05, 4.69) is 22.5 Å². The number of pyridine rings is 1. The zero-order valence-electron chi connectivity index (χ0n) is 12.3. The lowest BCUT2D eigenvalue weighted by molar-refractivity contribution is 0.0951. The van der Waals surface area contributed by atoms with Crippen LogP contribution >= 0.6 is 0 Å². The van der Waals surface area contributed by atoms with Crippen LogP contribution < -0.4 is 10.6 Å². The molecule has 0 fully saturated rings. The molecule has 0 aromatic carbocycles. The van der Waals surface area contributed by atoms with E-state index in [1.807, 2.05) is 32.0 Å². The first-order valence-corrected chi connectivity index (χ1v) is 6.68. The Morgan fingerprint density at radius 2 is 2.11 bits per heavy atom. The molecule has 0 spiro atoms. The molecule has 1 amide bonds. The first-order chi connectivity index (χ1) is 9.04. The van der Waals surface area contributed by atoms with Gasteiger partial charge in [-0.2, -0.15) is 0 Å². The fraction of sp³-hybridized carbons (Fsp3) is 0.571. The zero-order valence-corrected chi connectivity index (χ0v) is 12.3. The topological polar surface area (TPSA) is 57.3 Å². The summed E-state index contributed by atoms with van der Waals surface area (Å²) in [6, 6.07) is 1.91. The largest absolute Gasteiger partial charge is 0.384 e. The van der Waals surface area contributed by atoms with E-state index in [1.54, 1.807) is 6.20 Å². The number of carbonyl (C=O) groups excluding carboxylic acids is 1. The lowest BCUT2D eigenvalue weighted by Gasteiger charge is -2.13. The molecule has 0 radical (unpaired) electrons. The van der Waals surface area contributed by atoms with Gasteiger partial charge in [0.2, 0.25) is 0 Å². The molecule has 0 aliphatic carbocycles. The second-order valence-corrected chi connectivity index (χ2v) is 4.86. The minimum Gasteiger partial charge on any atom is -0.384 e. The molecule has 1 heterocycles. The van der Waals surface area contributed by atoms with Crippen LogP contribution in [0.1, 0.15) is 29.4 Å². The average Bonchev–Trinajstić information content (AvgIpc) is 2.35. The van der Waals surface area contributed by atoms with Crippen LogP contribution in [-0.2, 0) is 0 Å². The number of nitrogens with one attached hydrogen (secondary N) is 2. The quantitative estimate of drug-likeness (QED) is 0.783. The second kappa shape index (κ2) is 7.74. The number of anilines is 1. The van der Waals surface area contributed by atoms with Crippen LogP contribution in [0.3, 0.4) is 0 Å². The van der Waals surface area contributed by atoms with Gasteiger partial charge in [0.25, 0.3) is 5.91 Å². The number of rotatable bonds is 7. The number of likely N-dealkylation sites (N-methyl/N-ethyl adjacent to an activating group) is 1. The van der Waals surface area contributed by atoms with E-state index in [4.69, 9.17) is 0 Å². The number of hydrogen-bond acceptors (Lipinski definition) is 4. The maximum atomic E-state index is 12.1. The summed E-state index contributed by atoms with van der Waals surface area (Å²) in [5.41, 5.74) is 2.37. The molecular formula is C14H24N4O. The van der Waals surface area contributed by atoms with Gasteiger partial charge >= 0.3 is 0 Å². The molecule has 0 bridgehead atoms. The number of nitrogens with zero attached hydrogens (tertiary/aromatic N) is 2. The third-order valence-corrected chi connectivity index (χ3v) is 2.70. The van der Waals surface area contributed by atoms with E-state index in [0.717, 1.165) is 30.9 Å². The number of aryl methyl sites for hydroxylation is 1. The van der Waals surface area contributed by atoms with Crippen molar-refractivity contribution in [3.8, 4) is 0 Å². The Kier molecular flexibility index (Phi) is 6.29. The summed E-state index contributed by atoms with van der Waals surface area (Å²) in [7, 11) is 3.96. The summed E-state index contributed by atoms with van der Waals surface area (Å²) in [4.78, 5) is 18.3. The molecule has 0 aliphatic heterocycles. The molecule has 1 rings (SSSR count). The molecule has 0 aliphatic rings. The minimum atomic E-state index is -0.0760. The molecule has 5 nitrogen and oxygen atoms in total. The van der Waals surface area contributed by atoms with E-state index in [9.17, 15) is 4.79 Å². The van der Waals surface area contributed by atoms with Gasteiger partial charge in [0.1, 0.15) is 0 Å². The van der Waals surface area contributed by atoms with Crippen LogP contribution in [0.25, 0.3) is 0 Å². The van der Waals surface area contributed by atoms with Gasteiger partial charge in [-0.25, -0.2) is 0 Å². The highest BCUT2D eigenvalue weighted by atomic mass is 16.1. The highest BCUT2D eigenvalue weighted by molar-refractivity contribution is 5.99. The Hall–Kier alpha value is -1.62. The summed E-state index contributed by atoms with van der Waals surface area (Å²) in [6.45, 7) is 6.32. The lowest BCUT2D eigenvalue weighted by Crippen LogP contribution is -2.31. The van der Waals surface area contributed by atoms with Gasteiger partial charge in [-0.15, -0.1) is 0 Å². The van der Waals surface area contributed by atoms with Crippen molar-refractivity contribution < 1.29 is 4.79 Å². The smallest absolute Gasteiger partial charge is 0.254 e. The zero-order chi connectivity index (χ0) is 14.3. The van der Waals surface area contributed by atoms with Gasteiger partial charge in [0.05, 0.1) is 11.3 Å². The summed E-state index contributed by atoms with van der Waals surface area (Å²) < 4.78 is 0. The first-order valence-electron chi connectivity index (χ1n) is 6.68. The number of aromatic nitrogens is 1.